The van der Waals surface area contributed by atoms with E-state index in [1.807, 2.05) is 13.8 Å². The van der Waals surface area contributed by atoms with Gasteiger partial charge in [0.1, 0.15) is 11.8 Å². The molecule has 0 aromatic carbocycles. The molecule has 1 amide bonds. The second-order valence-corrected chi connectivity index (χ2v) is 5.45. The number of aryl methyl sites for hydroxylation is 2. The van der Waals surface area contributed by atoms with Gasteiger partial charge < -0.3 is 9.84 Å². The lowest BCUT2D eigenvalue weighted by molar-refractivity contribution is -0.124. The van der Waals surface area contributed by atoms with Crippen molar-refractivity contribution in [1.82, 2.24) is 20.3 Å². The molecular formula is C14H19ClN4O2. The van der Waals surface area contributed by atoms with Crippen LogP contribution in [0.1, 0.15) is 36.4 Å². The van der Waals surface area contributed by atoms with Crippen molar-refractivity contribution >= 4 is 17.5 Å². The molecule has 0 saturated heterocycles. The van der Waals surface area contributed by atoms with Gasteiger partial charge in [-0.05, 0) is 33.6 Å². The Bertz CT molecular complexity index is 601. The number of hydrogen-bond donors (Lipinski definition) is 1. The summed E-state index contributed by atoms with van der Waals surface area (Å²) in [4.78, 5) is 12.0. The van der Waals surface area contributed by atoms with Gasteiger partial charge in [0.05, 0.1) is 16.9 Å². The van der Waals surface area contributed by atoms with E-state index in [-0.39, 0.29) is 11.9 Å². The van der Waals surface area contributed by atoms with Gasteiger partial charge in [0.25, 0.3) is 0 Å². The molecule has 2 aromatic heterocycles. The van der Waals surface area contributed by atoms with Crippen LogP contribution in [0.15, 0.2) is 16.9 Å². The number of carbonyl (C=O) groups is 1. The third-order valence-corrected chi connectivity index (χ3v) is 3.63. The summed E-state index contributed by atoms with van der Waals surface area (Å²) in [7, 11) is 0. The molecule has 0 aliphatic carbocycles. The quantitative estimate of drug-likeness (QED) is 0.832. The third-order valence-electron chi connectivity index (χ3n) is 3.43. The molecule has 114 valence electrons. The van der Waals surface area contributed by atoms with Gasteiger partial charge in [0, 0.05) is 18.3 Å². The first-order valence-corrected chi connectivity index (χ1v) is 7.26. The minimum absolute atomic E-state index is 0.0754. The number of aromatic nitrogens is 3. The molecule has 6 nitrogen and oxygen atoms in total. The molecule has 0 aliphatic rings. The summed E-state index contributed by atoms with van der Waals surface area (Å²) >= 11 is 5.79. The van der Waals surface area contributed by atoms with Crippen LogP contribution in [0.3, 0.4) is 0 Å². The van der Waals surface area contributed by atoms with Gasteiger partial charge in [-0.1, -0.05) is 16.8 Å². The number of carbonyl (C=O) groups excluding carboxylic acids is 1. The molecule has 0 radical (unpaired) electrons. The van der Waals surface area contributed by atoms with Gasteiger partial charge in [0.2, 0.25) is 5.91 Å². The van der Waals surface area contributed by atoms with Crippen LogP contribution in [0.4, 0.5) is 0 Å². The van der Waals surface area contributed by atoms with Crippen LogP contribution >= 0.6 is 11.6 Å². The van der Waals surface area contributed by atoms with E-state index in [0.717, 1.165) is 29.9 Å². The molecule has 0 saturated carbocycles. The fourth-order valence-electron chi connectivity index (χ4n) is 2.13. The highest BCUT2D eigenvalue weighted by atomic mass is 35.5. The SMILES string of the molecule is Cc1noc(C)c1CCCNC(=O)[C@H](C)n1cc(Cl)cn1. The van der Waals surface area contributed by atoms with Crippen molar-refractivity contribution in [2.24, 2.45) is 0 Å². The zero-order chi connectivity index (χ0) is 15.4. The van der Waals surface area contributed by atoms with E-state index in [0.29, 0.717) is 11.6 Å². The Labute approximate surface area is 128 Å². The molecule has 1 atom stereocenters. The molecule has 2 aromatic rings. The van der Waals surface area contributed by atoms with Gasteiger partial charge in [-0.15, -0.1) is 0 Å². The van der Waals surface area contributed by atoms with Crippen molar-refractivity contribution in [2.75, 3.05) is 6.54 Å². The predicted octanol–water partition coefficient (Wildman–Crippen LogP) is 2.45. The fourth-order valence-corrected chi connectivity index (χ4v) is 2.27. The summed E-state index contributed by atoms with van der Waals surface area (Å²) in [6.45, 7) is 6.21. The zero-order valence-electron chi connectivity index (χ0n) is 12.4. The van der Waals surface area contributed by atoms with Crippen molar-refractivity contribution in [3.63, 3.8) is 0 Å². The molecule has 0 unspecified atom stereocenters. The molecule has 0 aliphatic heterocycles. The molecule has 2 rings (SSSR count). The molecule has 0 spiro atoms. The van der Waals surface area contributed by atoms with E-state index in [2.05, 4.69) is 15.6 Å². The van der Waals surface area contributed by atoms with Gasteiger partial charge in [0.15, 0.2) is 0 Å². The first kappa shape index (κ1) is 15.6. The average Bonchev–Trinajstić information content (AvgIpc) is 3.02. The van der Waals surface area contributed by atoms with E-state index in [1.165, 1.54) is 6.20 Å². The van der Waals surface area contributed by atoms with E-state index < -0.39 is 0 Å². The van der Waals surface area contributed by atoms with Crippen LogP contribution in [-0.2, 0) is 11.2 Å². The van der Waals surface area contributed by atoms with Gasteiger partial charge >= 0.3 is 0 Å². The van der Waals surface area contributed by atoms with Gasteiger partial charge in [-0.25, -0.2) is 0 Å². The number of amides is 1. The summed E-state index contributed by atoms with van der Waals surface area (Å²) in [5.74, 6) is 0.770. The molecule has 0 bridgehead atoms. The standard InChI is InChI=1S/C14H19ClN4O2/c1-9-13(11(3)21-18-9)5-4-6-16-14(20)10(2)19-8-12(15)7-17-19/h7-8,10H,4-6H2,1-3H3,(H,16,20)/t10-/m0/s1. The number of nitrogens with one attached hydrogen (secondary N) is 1. The van der Waals surface area contributed by atoms with E-state index in [9.17, 15) is 4.79 Å². The van der Waals surface area contributed by atoms with E-state index in [1.54, 1.807) is 17.8 Å². The third kappa shape index (κ3) is 3.85. The molecular weight excluding hydrogens is 292 g/mol. The fraction of sp³-hybridized carbons (Fsp3) is 0.500. The lowest BCUT2D eigenvalue weighted by atomic mass is 10.1. The maximum atomic E-state index is 12.0. The monoisotopic (exact) mass is 310 g/mol. The Morgan fingerprint density at radius 1 is 1.52 bits per heavy atom. The Kier molecular flexibility index (Phi) is 5.01. The Morgan fingerprint density at radius 2 is 2.29 bits per heavy atom. The summed E-state index contributed by atoms with van der Waals surface area (Å²) in [5.41, 5.74) is 2.04. The number of hydrogen-bond acceptors (Lipinski definition) is 4. The molecule has 2 heterocycles. The summed E-state index contributed by atoms with van der Waals surface area (Å²) in [6, 6.07) is -0.378. The zero-order valence-corrected chi connectivity index (χ0v) is 13.1. The van der Waals surface area contributed by atoms with Crippen molar-refractivity contribution in [3.05, 3.63) is 34.4 Å². The highest BCUT2D eigenvalue weighted by molar-refractivity contribution is 6.30. The number of nitrogens with zero attached hydrogens (tertiary/aromatic N) is 3. The predicted molar refractivity (Wildman–Crippen MR) is 79.3 cm³/mol. The minimum atomic E-state index is -0.378. The summed E-state index contributed by atoms with van der Waals surface area (Å²) in [6.07, 6.45) is 4.82. The van der Waals surface area contributed by atoms with Crippen LogP contribution in [0, 0.1) is 13.8 Å². The van der Waals surface area contributed by atoms with Crippen molar-refractivity contribution in [1.29, 1.82) is 0 Å². The normalized spacial score (nSPS) is 12.4. The van der Waals surface area contributed by atoms with Crippen LogP contribution in [0.25, 0.3) is 0 Å². The topological polar surface area (TPSA) is 73.0 Å². The van der Waals surface area contributed by atoms with Crippen molar-refractivity contribution in [2.45, 2.75) is 39.7 Å². The van der Waals surface area contributed by atoms with Crippen LogP contribution in [0.2, 0.25) is 5.02 Å². The number of rotatable bonds is 6. The Morgan fingerprint density at radius 3 is 2.86 bits per heavy atom. The molecule has 0 fully saturated rings. The van der Waals surface area contributed by atoms with Crippen LogP contribution < -0.4 is 5.32 Å². The Balaban J connectivity index is 1.77. The second-order valence-electron chi connectivity index (χ2n) is 5.01. The lowest BCUT2D eigenvalue weighted by Gasteiger charge is -2.12. The molecule has 7 heteroatoms. The minimum Gasteiger partial charge on any atom is -0.361 e. The number of halogens is 1. The first-order chi connectivity index (χ1) is 9.99. The van der Waals surface area contributed by atoms with E-state index in [4.69, 9.17) is 16.1 Å². The summed E-state index contributed by atoms with van der Waals surface area (Å²) in [5, 5.41) is 11.4. The van der Waals surface area contributed by atoms with Gasteiger partial charge in [-0.3, -0.25) is 9.48 Å². The van der Waals surface area contributed by atoms with Crippen molar-refractivity contribution in [3.8, 4) is 0 Å². The summed E-state index contributed by atoms with van der Waals surface area (Å²) < 4.78 is 6.66. The first-order valence-electron chi connectivity index (χ1n) is 6.88. The molecule has 1 N–H and O–H groups in total. The largest absolute Gasteiger partial charge is 0.361 e. The van der Waals surface area contributed by atoms with Crippen LogP contribution in [-0.4, -0.2) is 27.4 Å². The van der Waals surface area contributed by atoms with E-state index >= 15 is 0 Å². The maximum Gasteiger partial charge on any atom is 0.244 e. The molecule has 21 heavy (non-hydrogen) atoms. The highest BCUT2D eigenvalue weighted by Crippen LogP contribution is 2.14. The highest BCUT2D eigenvalue weighted by Gasteiger charge is 2.15. The second kappa shape index (κ2) is 6.76. The Hall–Kier alpha value is -1.82. The smallest absolute Gasteiger partial charge is 0.244 e. The lowest BCUT2D eigenvalue weighted by Crippen LogP contribution is -2.32. The van der Waals surface area contributed by atoms with Crippen LogP contribution in [0.5, 0.6) is 0 Å². The van der Waals surface area contributed by atoms with Gasteiger partial charge in [-0.2, -0.15) is 5.10 Å². The maximum absolute atomic E-state index is 12.0. The average molecular weight is 311 g/mol. The van der Waals surface area contributed by atoms with Crippen molar-refractivity contribution < 1.29 is 9.32 Å².